The van der Waals surface area contributed by atoms with Gasteiger partial charge in [0.05, 0.1) is 22.3 Å². The average Bonchev–Trinajstić information content (AvgIpc) is 2.49. The van der Waals surface area contributed by atoms with Gasteiger partial charge in [-0.2, -0.15) is 0 Å². The zero-order valence-electron chi connectivity index (χ0n) is 11.7. The third kappa shape index (κ3) is 3.15. The van der Waals surface area contributed by atoms with E-state index < -0.39 is 6.10 Å². The van der Waals surface area contributed by atoms with E-state index in [1.807, 2.05) is 26.0 Å². The molecular formula is C15H20BrClO2. The van der Waals surface area contributed by atoms with E-state index in [0.717, 1.165) is 16.5 Å². The van der Waals surface area contributed by atoms with Crippen LogP contribution in [0.2, 0.25) is 5.02 Å². The number of hydrogen-bond donors (Lipinski definition) is 1. The van der Waals surface area contributed by atoms with Crippen molar-refractivity contribution in [3.63, 3.8) is 0 Å². The number of ether oxygens (including phenoxy) is 1. The number of aliphatic hydroxyl groups excluding tert-OH is 1. The van der Waals surface area contributed by atoms with E-state index in [9.17, 15) is 5.11 Å². The Kier molecular flexibility index (Phi) is 4.05. The van der Waals surface area contributed by atoms with E-state index in [0.29, 0.717) is 5.02 Å². The standard InChI is InChI=1S/C15H20BrClO2/c1-14(2)8-10(15(3,4)19-14)13(18)9-5-6-12(17)11(16)7-9/h5-7,10,13,18H,8H2,1-4H3. The minimum atomic E-state index is -0.551. The predicted octanol–water partition coefficient (Wildman–Crippen LogP) is 4.73. The molecule has 1 N–H and O–H groups in total. The van der Waals surface area contributed by atoms with Crippen LogP contribution in [-0.4, -0.2) is 16.3 Å². The van der Waals surface area contributed by atoms with Crippen LogP contribution in [0.5, 0.6) is 0 Å². The summed E-state index contributed by atoms with van der Waals surface area (Å²) < 4.78 is 6.85. The molecule has 2 nitrogen and oxygen atoms in total. The Morgan fingerprint density at radius 3 is 2.47 bits per heavy atom. The largest absolute Gasteiger partial charge is 0.388 e. The lowest BCUT2D eigenvalue weighted by atomic mass is 9.80. The van der Waals surface area contributed by atoms with Crippen molar-refractivity contribution >= 4 is 27.5 Å². The Morgan fingerprint density at radius 1 is 1.37 bits per heavy atom. The van der Waals surface area contributed by atoms with Crippen LogP contribution in [0, 0.1) is 5.92 Å². The van der Waals surface area contributed by atoms with Gasteiger partial charge in [0.2, 0.25) is 0 Å². The van der Waals surface area contributed by atoms with Crippen molar-refractivity contribution in [2.45, 2.75) is 51.4 Å². The summed E-state index contributed by atoms with van der Waals surface area (Å²) in [6.45, 7) is 8.22. The van der Waals surface area contributed by atoms with Gasteiger partial charge in [-0.05, 0) is 67.7 Å². The van der Waals surface area contributed by atoms with E-state index in [1.54, 1.807) is 6.07 Å². The lowest BCUT2D eigenvalue weighted by molar-refractivity contribution is -0.0880. The lowest BCUT2D eigenvalue weighted by Gasteiger charge is -2.30. The van der Waals surface area contributed by atoms with Crippen LogP contribution in [0.1, 0.15) is 45.8 Å². The molecule has 106 valence electrons. The maximum atomic E-state index is 10.7. The van der Waals surface area contributed by atoms with Crippen LogP contribution in [0.4, 0.5) is 0 Å². The van der Waals surface area contributed by atoms with Gasteiger partial charge in [-0.3, -0.25) is 0 Å². The van der Waals surface area contributed by atoms with Crippen LogP contribution in [0.3, 0.4) is 0 Å². The monoisotopic (exact) mass is 346 g/mol. The highest BCUT2D eigenvalue weighted by Crippen LogP contribution is 2.48. The Morgan fingerprint density at radius 2 is 2.00 bits per heavy atom. The highest BCUT2D eigenvalue weighted by Gasteiger charge is 2.49. The highest BCUT2D eigenvalue weighted by atomic mass is 79.9. The van der Waals surface area contributed by atoms with Gasteiger partial charge in [0.15, 0.2) is 0 Å². The molecule has 0 radical (unpaired) electrons. The number of aliphatic hydroxyl groups is 1. The van der Waals surface area contributed by atoms with Crippen molar-refractivity contribution in [3.8, 4) is 0 Å². The molecule has 0 aliphatic carbocycles. The van der Waals surface area contributed by atoms with Crippen molar-refractivity contribution in [2.75, 3.05) is 0 Å². The number of benzene rings is 1. The summed E-state index contributed by atoms with van der Waals surface area (Å²) in [5, 5.41) is 11.3. The summed E-state index contributed by atoms with van der Waals surface area (Å²) in [4.78, 5) is 0. The zero-order valence-corrected chi connectivity index (χ0v) is 14.0. The normalized spacial score (nSPS) is 26.4. The van der Waals surface area contributed by atoms with Crippen molar-refractivity contribution in [1.82, 2.24) is 0 Å². The van der Waals surface area contributed by atoms with E-state index in [1.165, 1.54) is 0 Å². The third-order valence-electron chi connectivity index (χ3n) is 3.81. The molecular weight excluding hydrogens is 328 g/mol. The Balaban J connectivity index is 2.28. The van der Waals surface area contributed by atoms with Gasteiger partial charge >= 0.3 is 0 Å². The third-order valence-corrected chi connectivity index (χ3v) is 5.02. The van der Waals surface area contributed by atoms with Crippen molar-refractivity contribution < 1.29 is 9.84 Å². The van der Waals surface area contributed by atoms with E-state index in [2.05, 4.69) is 29.8 Å². The zero-order chi connectivity index (χ0) is 14.4. The Hall–Kier alpha value is -0.0900. The SMILES string of the molecule is CC1(C)CC(C(O)c2ccc(Cl)c(Br)c2)C(C)(C)O1. The molecule has 2 rings (SSSR count). The number of hydrogen-bond acceptors (Lipinski definition) is 2. The molecule has 19 heavy (non-hydrogen) atoms. The molecule has 2 atom stereocenters. The summed E-state index contributed by atoms with van der Waals surface area (Å²) >= 11 is 9.39. The van der Waals surface area contributed by atoms with E-state index in [4.69, 9.17) is 16.3 Å². The molecule has 0 spiro atoms. The molecule has 1 aliphatic heterocycles. The fourth-order valence-electron chi connectivity index (χ4n) is 3.03. The van der Waals surface area contributed by atoms with Crippen LogP contribution in [-0.2, 0) is 4.74 Å². The minimum absolute atomic E-state index is 0.0653. The van der Waals surface area contributed by atoms with Gasteiger partial charge in [-0.25, -0.2) is 0 Å². The molecule has 1 fully saturated rings. The van der Waals surface area contributed by atoms with Gasteiger partial charge in [0.1, 0.15) is 0 Å². The summed E-state index contributed by atoms with van der Waals surface area (Å²) in [7, 11) is 0. The fourth-order valence-corrected chi connectivity index (χ4v) is 3.54. The summed E-state index contributed by atoms with van der Waals surface area (Å²) in [5.41, 5.74) is 0.337. The van der Waals surface area contributed by atoms with Gasteiger partial charge in [0.25, 0.3) is 0 Å². The summed E-state index contributed by atoms with van der Waals surface area (Å²) in [5.74, 6) is 0.0653. The Labute approximate surface area is 128 Å². The van der Waals surface area contributed by atoms with Crippen LogP contribution >= 0.6 is 27.5 Å². The van der Waals surface area contributed by atoms with Crippen molar-refractivity contribution in [2.24, 2.45) is 5.92 Å². The molecule has 1 aliphatic rings. The minimum Gasteiger partial charge on any atom is -0.388 e. The second-order valence-electron chi connectivity index (χ2n) is 6.39. The molecule has 1 aromatic rings. The quantitative estimate of drug-likeness (QED) is 0.838. The van der Waals surface area contributed by atoms with Gasteiger partial charge in [0, 0.05) is 10.4 Å². The van der Waals surface area contributed by atoms with E-state index >= 15 is 0 Å². The van der Waals surface area contributed by atoms with Crippen molar-refractivity contribution in [1.29, 1.82) is 0 Å². The van der Waals surface area contributed by atoms with Gasteiger partial charge in [-0.15, -0.1) is 0 Å². The average molecular weight is 348 g/mol. The smallest absolute Gasteiger partial charge is 0.0847 e. The van der Waals surface area contributed by atoms with Crippen LogP contribution < -0.4 is 0 Å². The maximum Gasteiger partial charge on any atom is 0.0847 e. The second-order valence-corrected chi connectivity index (χ2v) is 7.66. The number of rotatable bonds is 2. The molecule has 1 aromatic carbocycles. The van der Waals surface area contributed by atoms with Crippen LogP contribution in [0.15, 0.2) is 22.7 Å². The molecule has 0 bridgehead atoms. The molecule has 4 heteroatoms. The first-order chi connectivity index (χ1) is 8.62. The molecule has 0 amide bonds. The highest BCUT2D eigenvalue weighted by molar-refractivity contribution is 9.10. The predicted molar refractivity (Wildman–Crippen MR) is 81.5 cm³/mol. The van der Waals surface area contributed by atoms with Gasteiger partial charge in [-0.1, -0.05) is 17.7 Å². The first kappa shape index (κ1) is 15.3. The number of halogens is 2. The first-order valence-corrected chi connectivity index (χ1v) is 7.63. The molecule has 2 unspecified atom stereocenters. The van der Waals surface area contributed by atoms with Crippen molar-refractivity contribution in [3.05, 3.63) is 33.3 Å². The molecule has 0 aromatic heterocycles. The molecule has 0 saturated carbocycles. The Bertz CT molecular complexity index is 485. The lowest BCUT2D eigenvalue weighted by Crippen LogP contribution is -2.32. The second kappa shape index (κ2) is 5.03. The topological polar surface area (TPSA) is 29.5 Å². The van der Waals surface area contributed by atoms with Gasteiger partial charge < -0.3 is 9.84 Å². The first-order valence-electron chi connectivity index (χ1n) is 6.45. The molecule has 1 saturated heterocycles. The van der Waals surface area contributed by atoms with Crippen LogP contribution in [0.25, 0.3) is 0 Å². The fraction of sp³-hybridized carbons (Fsp3) is 0.600. The summed E-state index contributed by atoms with van der Waals surface area (Å²) in [6.07, 6.45) is 0.284. The summed E-state index contributed by atoms with van der Waals surface area (Å²) in [6, 6.07) is 5.56. The maximum absolute atomic E-state index is 10.7. The van der Waals surface area contributed by atoms with E-state index in [-0.39, 0.29) is 17.1 Å². The molecule has 1 heterocycles.